The number of carbonyl (C=O) groups is 1. The van der Waals surface area contributed by atoms with Gasteiger partial charge in [-0.2, -0.15) is 0 Å². The van der Waals surface area contributed by atoms with Crippen LogP contribution >= 0.6 is 11.6 Å². The van der Waals surface area contributed by atoms with Gasteiger partial charge in [0.15, 0.2) is 0 Å². The van der Waals surface area contributed by atoms with E-state index in [0.29, 0.717) is 22.9 Å². The second-order valence-electron chi connectivity index (χ2n) is 8.16. The monoisotopic (exact) mass is 628 g/mol. The van der Waals surface area contributed by atoms with Crippen molar-refractivity contribution in [2.75, 3.05) is 6.54 Å². The van der Waals surface area contributed by atoms with Crippen molar-refractivity contribution in [1.82, 2.24) is 5.01 Å². The van der Waals surface area contributed by atoms with Crippen LogP contribution < -0.4 is 5.73 Å². The molecule has 1 aliphatic heterocycles. The molecule has 0 fully saturated rings. The quantitative estimate of drug-likeness (QED) is 0.236. The van der Waals surface area contributed by atoms with Crippen LogP contribution in [0.15, 0.2) is 93.3 Å². The Morgan fingerprint density at radius 2 is 1.68 bits per heavy atom. The summed E-state index contributed by atoms with van der Waals surface area (Å²) in [7, 11) is -4.42. The molecule has 1 atom stereocenters. The maximum absolute atomic E-state index is 13.1. The van der Waals surface area contributed by atoms with E-state index in [4.69, 9.17) is 17.3 Å². The fourth-order valence-electron chi connectivity index (χ4n) is 3.70. The fraction of sp³-hybridized carbons (Fsp3) is 0.160. The molecule has 0 aliphatic carbocycles. The molecule has 2 N–H and O–H groups in total. The van der Waals surface area contributed by atoms with Gasteiger partial charge < -0.3 is 0 Å². The predicted molar refractivity (Wildman–Crippen MR) is 140 cm³/mol. The molecule has 0 bridgehead atoms. The topological polar surface area (TPSA) is 105 Å². The minimum absolute atomic E-state index is 0.00101. The number of sulfonamides is 1. The number of rotatable bonds is 7. The Morgan fingerprint density at radius 3 is 2.26 bits per heavy atom. The van der Waals surface area contributed by atoms with Gasteiger partial charge in [-0.1, -0.05) is 0 Å². The first-order valence-electron chi connectivity index (χ1n) is 11.0. The van der Waals surface area contributed by atoms with Gasteiger partial charge in [-0.25, -0.2) is 0 Å². The number of primary amides is 1. The molecule has 3 aromatic rings. The van der Waals surface area contributed by atoms with Crippen molar-refractivity contribution in [1.29, 1.82) is 0 Å². The molecule has 1 amide bonds. The summed E-state index contributed by atoms with van der Waals surface area (Å²) >= 11 is 5.22. The van der Waals surface area contributed by atoms with Gasteiger partial charge >= 0.3 is 229 Å². The normalized spacial score (nSPS) is 16.4. The molecule has 7 nitrogen and oxygen atoms in total. The summed E-state index contributed by atoms with van der Waals surface area (Å²) in [5.41, 5.74) is 6.67. The number of nitrogens with two attached hydrogens (primary N) is 1. The van der Waals surface area contributed by atoms with E-state index in [-0.39, 0.29) is 22.5 Å². The number of hydrogen-bond acceptors (Lipinski definition) is 4. The zero-order valence-electron chi connectivity index (χ0n) is 19.5. The van der Waals surface area contributed by atoms with E-state index in [0.717, 1.165) is 23.3 Å². The summed E-state index contributed by atoms with van der Waals surface area (Å²) in [4.78, 5) is 11.1. The van der Waals surface area contributed by atoms with Crippen LogP contribution in [0.1, 0.15) is 22.6 Å². The summed E-state index contributed by atoms with van der Waals surface area (Å²) in [6, 6.07) is 19.5. The maximum atomic E-state index is 13.1. The molecule has 198 valence electrons. The van der Waals surface area contributed by atoms with Crippen LogP contribution in [0.5, 0.6) is 0 Å². The Labute approximate surface area is 228 Å². The molecule has 0 radical (unpaired) electrons. The molecule has 0 saturated heterocycles. The number of alkyl halides is 3. The average molecular weight is 628 g/mol. The standard InChI is InChI=1S/C25H20ClF3N4O3SSe/c26-19-10-6-17(7-11-19)23-21(16-4-2-1-3-5-16)14-33(31-23)24(38-15-22(30)34)32-37(35,36)20-12-8-18(9-13-20)25(27,28)29/h1-13,21H,14-15H2,(H2,30,34)/b32-24-. The first-order chi connectivity index (χ1) is 17.9. The van der Waals surface area contributed by atoms with Gasteiger partial charge in [0.05, 0.1) is 0 Å². The van der Waals surface area contributed by atoms with Crippen LogP contribution in [-0.4, -0.2) is 51.3 Å². The van der Waals surface area contributed by atoms with Gasteiger partial charge in [-0.05, 0) is 0 Å². The van der Waals surface area contributed by atoms with Gasteiger partial charge in [0, 0.05) is 0 Å². The van der Waals surface area contributed by atoms with Crippen LogP contribution in [-0.2, 0) is 21.0 Å². The number of amides is 1. The van der Waals surface area contributed by atoms with Crippen LogP contribution in [0.3, 0.4) is 0 Å². The molecule has 0 saturated carbocycles. The van der Waals surface area contributed by atoms with Crippen molar-refractivity contribution in [2.24, 2.45) is 15.2 Å². The molecule has 0 spiro atoms. The average Bonchev–Trinajstić information content (AvgIpc) is 3.32. The van der Waals surface area contributed by atoms with E-state index in [1.54, 1.807) is 24.3 Å². The number of nitrogens with zero attached hydrogens (tertiary/aromatic N) is 3. The Morgan fingerprint density at radius 1 is 1.05 bits per heavy atom. The van der Waals surface area contributed by atoms with Crippen molar-refractivity contribution < 1.29 is 26.4 Å². The molecule has 1 aliphatic rings. The van der Waals surface area contributed by atoms with Gasteiger partial charge in [0.2, 0.25) is 0 Å². The molecule has 13 heteroatoms. The fourth-order valence-corrected chi connectivity index (χ4v) is 6.84. The van der Waals surface area contributed by atoms with E-state index in [9.17, 15) is 26.4 Å². The van der Waals surface area contributed by atoms with E-state index < -0.39 is 47.5 Å². The number of carbonyl (C=O) groups excluding carboxylic acids is 1. The predicted octanol–water partition coefficient (Wildman–Crippen LogP) is 4.52. The van der Waals surface area contributed by atoms with E-state index in [2.05, 4.69) is 9.50 Å². The second-order valence-corrected chi connectivity index (χ2v) is 12.2. The minimum atomic E-state index is -4.61. The van der Waals surface area contributed by atoms with Crippen LogP contribution in [0.4, 0.5) is 13.2 Å². The zero-order valence-corrected chi connectivity index (χ0v) is 22.8. The van der Waals surface area contributed by atoms with E-state index in [1.165, 1.54) is 5.01 Å². The number of halogens is 4. The van der Waals surface area contributed by atoms with Crippen LogP contribution in [0.25, 0.3) is 0 Å². The van der Waals surface area contributed by atoms with Crippen molar-refractivity contribution in [2.45, 2.75) is 22.3 Å². The van der Waals surface area contributed by atoms with Gasteiger partial charge in [-0.3, -0.25) is 0 Å². The molecule has 0 aromatic heterocycles. The molecule has 3 aromatic carbocycles. The second kappa shape index (κ2) is 11.3. The molecular formula is C25H20ClF3N4O3SSe. The zero-order chi connectivity index (χ0) is 27.5. The first-order valence-corrected chi connectivity index (χ1v) is 14.9. The van der Waals surface area contributed by atoms with Crippen molar-refractivity contribution in [3.05, 3.63) is 101 Å². The van der Waals surface area contributed by atoms with Gasteiger partial charge in [0.1, 0.15) is 0 Å². The van der Waals surface area contributed by atoms with Crippen molar-refractivity contribution in [3.8, 4) is 0 Å². The summed E-state index contributed by atoms with van der Waals surface area (Å²) in [5.74, 6) is -0.911. The van der Waals surface area contributed by atoms with Crippen LogP contribution in [0.2, 0.25) is 10.3 Å². The van der Waals surface area contributed by atoms with Crippen molar-refractivity contribution >= 4 is 52.9 Å². The summed E-state index contributed by atoms with van der Waals surface area (Å²) < 4.78 is 68.9. The third kappa shape index (κ3) is 6.63. The third-order valence-electron chi connectivity index (χ3n) is 5.50. The Balaban J connectivity index is 1.75. The molecular weight excluding hydrogens is 608 g/mol. The van der Waals surface area contributed by atoms with E-state index in [1.807, 2.05) is 30.3 Å². The SMILES string of the molecule is NC(=O)C[Se]/C(=N\S(=O)(=O)c1ccc(C(F)(F)F)cc1)N1CC(c2ccccc2)C(c2ccc(Cl)cc2)=N1. The molecule has 1 unspecified atom stereocenters. The van der Waals surface area contributed by atoms with Gasteiger partial charge in [-0.15, -0.1) is 0 Å². The first kappa shape index (κ1) is 27.8. The number of amidine groups is 1. The van der Waals surface area contributed by atoms with Gasteiger partial charge in [0.25, 0.3) is 0 Å². The number of hydrogen-bond donors (Lipinski definition) is 1. The Hall–Kier alpha value is -3.18. The van der Waals surface area contributed by atoms with E-state index >= 15 is 0 Å². The molecule has 4 rings (SSSR count). The number of hydrazone groups is 1. The summed E-state index contributed by atoms with van der Waals surface area (Å²) in [6.45, 7) is 0.226. The summed E-state index contributed by atoms with van der Waals surface area (Å²) in [6.07, 6.45) is -4.61. The van der Waals surface area contributed by atoms with Crippen molar-refractivity contribution in [3.63, 3.8) is 0 Å². The Kier molecular flexibility index (Phi) is 8.27. The molecule has 38 heavy (non-hydrogen) atoms. The summed E-state index contributed by atoms with van der Waals surface area (Å²) in [5, 5.41) is 6.49. The van der Waals surface area contributed by atoms with Crippen LogP contribution in [0, 0.1) is 0 Å². The Bertz CT molecular complexity index is 1480. The number of benzene rings is 3. The molecule has 1 heterocycles. The third-order valence-corrected chi connectivity index (χ3v) is 9.37.